The molecule has 10 aromatic carbocycles. The maximum Gasteiger partial charge on any atom is 0.164 e. The van der Waals surface area contributed by atoms with E-state index in [1.165, 1.54) is 59.8 Å². The average molecular weight is 738 g/mol. The second-order valence-electron chi connectivity index (χ2n) is 14.8. The van der Waals surface area contributed by atoms with Gasteiger partial charge in [0.1, 0.15) is 0 Å². The van der Waals surface area contributed by atoms with E-state index in [2.05, 4.69) is 194 Å². The van der Waals surface area contributed by atoms with Crippen molar-refractivity contribution in [2.75, 3.05) is 0 Å². The van der Waals surface area contributed by atoms with E-state index in [4.69, 9.17) is 15.0 Å². The van der Waals surface area contributed by atoms with Crippen molar-refractivity contribution in [3.8, 4) is 67.5 Å². The Bertz CT molecular complexity index is 3340. The van der Waals surface area contributed by atoms with Gasteiger partial charge in [0.15, 0.2) is 17.5 Å². The third kappa shape index (κ3) is 5.98. The largest absolute Gasteiger partial charge is 0.208 e. The van der Waals surface area contributed by atoms with Gasteiger partial charge >= 0.3 is 0 Å². The maximum absolute atomic E-state index is 5.17. The van der Waals surface area contributed by atoms with E-state index in [0.29, 0.717) is 17.5 Å². The molecule has 0 N–H and O–H groups in total. The molecule has 0 unspecified atom stereocenters. The summed E-state index contributed by atoms with van der Waals surface area (Å²) >= 11 is 0. The van der Waals surface area contributed by atoms with Crippen LogP contribution in [0, 0.1) is 0 Å². The molecule has 0 amide bonds. The van der Waals surface area contributed by atoms with Crippen LogP contribution in [-0.2, 0) is 0 Å². The number of hydrogen-bond acceptors (Lipinski definition) is 3. The highest BCUT2D eigenvalue weighted by Gasteiger charge is 2.16. The fourth-order valence-electron chi connectivity index (χ4n) is 8.48. The van der Waals surface area contributed by atoms with E-state index in [1.807, 2.05) is 18.2 Å². The number of rotatable bonds is 6. The summed E-state index contributed by atoms with van der Waals surface area (Å²) in [5.41, 5.74) is 9.75. The van der Waals surface area contributed by atoms with Crippen LogP contribution in [0.3, 0.4) is 0 Å². The summed E-state index contributed by atoms with van der Waals surface area (Å²) in [7, 11) is 0. The summed E-state index contributed by atoms with van der Waals surface area (Å²) in [5, 5.41) is 9.93. The lowest BCUT2D eigenvalue weighted by Crippen LogP contribution is -2.00. The van der Waals surface area contributed by atoms with Gasteiger partial charge < -0.3 is 0 Å². The molecule has 0 fully saturated rings. The van der Waals surface area contributed by atoms with Gasteiger partial charge in [0.05, 0.1) is 0 Å². The molecular formula is C55H35N3. The van der Waals surface area contributed by atoms with E-state index in [0.717, 1.165) is 33.4 Å². The molecule has 0 aliphatic carbocycles. The highest BCUT2D eigenvalue weighted by molar-refractivity contribution is 6.20. The van der Waals surface area contributed by atoms with E-state index in [-0.39, 0.29) is 0 Å². The van der Waals surface area contributed by atoms with Crippen LogP contribution in [0.15, 0.2) is 212 Å². The van der Waals surface area contributed by atoms with Gasteiger partial charge in [-0.15, -0.1) is 0 Å². The number of fused-ring (bicyclic) bond motifs is 5. The lowest BCUT2D eigenvalue weighted by molar-refractivity contribution is 1.07. The van der Waals surface area contributed by atoms with Crippen LogP contribution in [0.2, 0.25) is 0 Å². The molecule has 0 bridgehead atoms. The standard InChI is InChI=1S/C55H35N3/c1-2-16-38(17-3-1)53-56-54(58-55(57-53)45-25-12-22-41(34-45)48-29-13-19-36-14-4-7-26-46(36)48)44-24-11-21-40(33-44)39-20-10-23-43(32-39)52-49-28-9-6-18-42(49)35-51-47-27-8-5-15-37(47)30-31-50(51)52/h1-35H. The normalized spacial score (nSPS) is 11.4. The van der Waals surface area contributed by atoms with Crippen LogP contribution in [0.1, 0.15) is 0 Å². The number of nitrogens with zero attached hydrogens (tertiary/aromatic N) is 3. The van der Waals surface area contributed by atoms with Gasteiger partial charge in [-0.3, -0.25) is 0 Å². The summed E-state index contributed by atoms with van der Waals surface area (Å²) in [5.74, 6) is 1.90. The second-order valence-corrected chi connectivity index (χ2v) is 14.8. The molecule has 0 saturated heterocycles. The minimum Gasteiger partial charge on any atom is -0.208 e. The molecule has 3 heteroatoms. The molecule has 11 rings (SSSR count). The Labute approximate surface area is 336 Å². The van der Waals surface area contributed by atoms with Crippen LogP contribution in [0.25, 0.3) is 111 Å². The van der Waals surface area contributed by atoms with Gasteiger partial charge in [0, 0.05) is 16.7 Å². The first-order chi connectivity index (χ1) is 28.7. The minimum absolute atomic E-state index is 0.629. The first kappa shape index (κ1) is 33.6. The van der Waals surface area contributed by atoms with Crippen molar-refractivity contribution < 1.29 is 0 Å². The number of benzene rings is 10. The second kappa shape index (κ2) is 14.1. The molecule has 1 heterocycles. The Morgan fingerprint density at radius 3 is 1.41 bits per heavy atom. The van der Waals surface area contributed by atoms with E-state index < -0.39 is 0 Å². The zero-order valence-corrected chi connectivity index (χ0v) is 31.5. The van der Waals surface area contributed by atoms with E-state index >= 15 is 0 Å². The highest BCUT2D eigenvalue weighted by Crippen LogP contribution is 2.41. The third-order valence-corrected chi connectivity index (χ3v) is 11.3. The molecule has 270 valence electrons. The molecule has 0 spiro atoms. The highest BCUT2D eigenvalue weighted by atomic mass is 15.0. The van der Waals surface area contributed by atoms with Gasteiger partial charge in [-0.1, -0.05) is 188 Å². The molecule has 1 aromatic heterocycles. The Morgan fingerprint density at radius 1 is 0.224 bits per heavy atom. The molecule has 0 saturated carbocycles. The van der Waals surface area contributed by atoms with Crippen molar-refractivity contribution in [2.24, 2.45) is 0 Å². The number of aromatic nitrogens is 3. The minimum atomic E-state index is 0.629. The van der Waals surface area contributed by atoms with Crippen LogP contribution in [0.5, 0.6) is 0 Å². The number of hydrogen-bond donors (Lipinski definition) is 0. The van der Waals surface area contributed by atoms with E-state index in [9.17, 15) is 0 Å². The fraction of sp³-hybridized carbons (Fsp3) is 0. The smallest absolute Gasteiger partial charge is 0.164 e. The Hall–Kier alpha value is -7.75. The fourth-order valence-corrected chi connectivity index (χ4v) is 8.48. The predicted molar refractivity (Wildman–Crippen MR) is 242 cm³/mol. The molecule has 11 aromatic rings. The summed E-state index contributed by atoms with van der Waals surface area (Å²) in [6.45, 7) is 0. The molecule has 3 nitrogen and oxygen atoms in total. The molecule has 0 atom stereocenters. The maximum atomic E-state index is 5.17. The zero-order valence-electron chi connectivity index (χ0n) is 31.5. The van der Waals surface area contributed by atoms with Crippen molar-refractivity contribution in [1.82, 2.24) is 15.0 Å². The SMILES string of the molecule is c1ccc(-c2nc(-c3cccc(-c4cccc(-c5c6ccccc6cc6c5ccc5ccccc56)c4)c3)nc(-c3cccc(-c4cccc5ccccc45)c3)n2)cc1. The van der Waals surface area contributed by atoms with Crippen LogP contribution < -0.4 is 0 Å². The monoisotopic (exact) mass is 737 g/mol. The first-order valence-electron chi connectivity index (χ1n) is 19.7. The van der Waals surface area contributed by atoms with Gasteiger partial charge in [-0.25, -0.2) is 15.0 Å². The Kier molecular flexibility index (Phi) is 8.15. The quantitative estimate of drug-likeness (QED) is 0.126. The van der Waals surface area contributed by atoms with Crippen molar-refractivity contribution in [2.45, 2.75) is 0 Å². The van der Waals surface area contributed by atoms with Gasteiger partial charge in [0.25, 0.3) is 0 Å². The van der Waals surface area contributed by atoms with Gasteiger partial charge in [-0.05, 0) is 101 Å². The summed E-state index contributed by atoms with van der Waals surface area (Å²) in [6, 6.07) is 75.4. The average Bonchev–Trinajstić information content (AvgIpc) is 3.31. The predicted octanol–water partition coefficient (Wildman–Crippen LogP) is 14.5. The lowest BCUT2D eigenvalue weighted by Gasteiger charge is -2.15. The van der Waals surface area contributed by atoms with Crippen molar-refractivity contribution >= 4 is 43.1 Å². The summed E-state index contributed by atoms with van der Waals surface area (Å²) in [6.07, 6.45) is 0. The van der Waals surface area contributed by atoms with Crippen molar-refractivity contribution in [1.29, 1.82) is 0 Å². The Balaban J connectivity index is 1.03. The van der Waals surface area contributed by atoms with Gasteiger partial charge in [0.2, 0.25) is 0 Å². The summed E-state index contributed by atoms with van der Waals surface area (Å²) < 4.78 is 0. The Morgan fingerprint density at radius 2 is 0.690 bits per heavy atom. The molecule has 0 aliphatic heterocycles. The lowest BCUT2D eigenvalue weighted by atomic mass is 9.89. The van der Waals surface area contributed by atoms with E-state index in [1.54, 1.807) is 0 Å². The van der Waals surface area contributed by atoms with Gasteiger partial charge in [-0.2, -0.15) is 0 Å². The first-order valence-corrected chi connectivity index (χ1v) is 19.7. The summed E-state index contributed by atoms with van der Waals surface area (Å²) in [4.78, 5) is 15.3. The van der Waals surface area contributed by atoms with Crippen LogP contribution in [0.4, 0.5) is 0 Å². The van der Waals surface area contributed by atoms with Crippen molar-refractivity contribution in [3.63, 3.8) is 0 Å². The van der Waals surface area contributed by atoms with Crippen LogP contribution in [-0.4, -0.2) is 15.0 Å². The molecule has 0 aliphatic rings. The molecular weight excluding hydrogens is 703 g/mol. The molecule has 0 radical (unpaired) electrons. The van der Waals surface area contributed by atoms with Crippen LogP contribution >= 0.6 is 0 Å². The zero-order chi connectivity index (χ0) is 38.4. The third-order valence-electron chi connectivity index (χ3n) is 11.3. The van der Waals surface area contributed by atoms with Crippen molar-refractivity contribution in [3.05, 3.63) is 212 Å². The topological polar surface area (TPSA) is 38.7 Å². The molecule has 58 heavy (non-hydrogen) atoms.